The first-order valence-electron chi connectivity index (χ1n) is 11.4. The van der Waals surface area contributed by atoms with E-state index < -0.39 is 58.5 Å². The van der Waals surface area contributed by atoms with Crippen LogP contribution >= 0.6 is 11.3 Å². The normalized spacial score (nSPS) is 24.1. The van der Waals surface area contributed by atoms with Gasteiger partial charge in [-0.2, -0.15) is 0 Å². The first kappa shape index (κ1) is 25.3. The standard InChI is InChI=1S/C21H25F4N7O2S2/c1-11-14(7-23)27-12(6-22)9-31(11)15-5-13(36(33,34)30-21(2)3-4-21)10-32-16(15)8-26-18(32)20-29-28-19(35-20)17(24)25/h5,8,10-12,14,17,27,30H,3-4,6-7,9H2,1-2H3/t11-,12-,14-/m1/s1. The van der Waals surface area contributed by atoms with Gasteiger partial charge in [0.15, 0.2) is 15.8 Å². The van der Waals surface area contributed by atoms with Gasteiger partial charge in [-0.3, -0.25) is 4.40 Å². The van der Waals surface area contributed by atoms with Crippen molar-refractivity contribution < 1.29 is 26.0 Å². The summed E-state index contributed by atoms with van der Waals surface area (Å²) in [6.07, 6.45) is 1.40. The highest BCUT2D eigenvalue weighted by atomic mass is 32.2. The Bertz CT molecular complexity index is 1380. The minimum Gasteiger partial charge on any atom is -0.364 e. The number of anilines is 1. The molecule has 36 heavy (non-hydrogen) atoms. The van der Waals surface area contributed by atoms with Crippen molar-refractivity contribution in [2.24, 2.45) is 0 Å². The van der Waals surface area contributed by atoms with Crippen LogP contribution in [0.1, 0.15) is 38.1 Å². The molecule has 2 N–H and O–H groups in total. The van der Waals surface area contributed by atoms with Crippen LogP contribution in [0.5, 0.6) is 0 Å². The molecule has 4 heterocycles. The quantitative estimate of drug-likeness (QED) is 0.418. The van der Waals surface area contributed by atoms with Gasteiger partial charge in [0.25, 0.3) is 6.43 Å². The Morgan fingerprint density at radius 1 is 1.28 bits per heavy atom. The zero-order valence-corrected chi connectivity index (χ0v) is 21.1. The van der Waals surface area contributed by atoms with E-state index in [0.717, 1.165) is 0 Å². The number of nitrogens with zero attached hydrogens (tertiary/aromatic N) is 5. The van der Waals surface area contributed by atoms with Crippen molar-refractivity contribution in [1.29, 1.82) is 0 Å². The van der Waals surface area contributed by atoms with Crippen LogP contribution in [0.3, 0.4) is 0 Å². The van der Waals surface area contributed by atoms with Gasteiger partial charge in [-0.05, 0) is 32.8 Å². The summed E-state index contributed by atoms with van der Waals surface area (Å²) in [5.74, 6) is 0.136. The van der Waals surface area contributed by atoms with E-state index in [1.54, 1.807) is 18.7 Å². The number of rotatable bonds is 8. The van der Waals surface area contributed by atoms with E-state index in [1.807, 2.05) is 0 Å². The molecule has 1 aliphatic heterocycles. The van der Waals surface area contributed by atoms with E-state index in [1.165, 1.54) is 22.9 Å². The van der Waals surface area contributed by atoms with Crippen LogP contribution in [-0.4, -0.2) is 71.6 Å². The topological polar surface area (TPSA) is 105 Å². The van der Waals surface area contributed by atoms with Gasteiger partial charge in [-0.15, -0.1) is 10.2 Å². The van der Waals surface area contributed by atoms with E-state index in [9.17, 15) is 26.0 Å². The summed E-state index contributed by atoms with van der Waals surface area (Å²) in [4.78, 5) is 6.00. The maximum Gasteiger partial charge on any atom is 0.291 e. The molecule has 3 aromatic heterocycles. The van der Waals surface area contributed by atoms with Gasteiger partial charge in [0.05, 0.1) is 29.5 Å². The Kier molecular flexibility index (Phi) is 6.46. The van der Waals surface area contributed by atoms with Crippen molar-refractivity contribution in [3.63, 3.8) is 0 Å². The van der Waals surface area contributed by atoms with Gasteiger partial charge in [0, 0.05) is 24.3 Å². The number of hydrogen-bond acceptors (Lipinski definition) is 8. The smallest absolute Gasteiger partial charge is 0.291 e. The lowest BCUT2D eigenvalue weighted by molar-refractivity contribution is 0.150. The summed E-state index contributed by atoms with van der Waals surface area (Å²) in [5, 5.41) is 9.87. The van der Waals surface area contributed by atoms with Crippen molar-refractivity contribution in [2.45, 2.75) is 61.7 Å². The maximum absolute atomic E-state index is 13.8. The molecule has 2 aliphatic rings. The average Bonchev–Trinajstić information content (AvgIpc) is 3.23. The Morgan fingerprint density at radius 2 is 2.03 bits per heavy atom. The number of alkyl halides is 4. The predicted molar refractivity (Wildman–Crippen MR) is 126 cm³/mol. The van der Waals surface area contributed by atoms with Crippen LogP contribution < -0.4 is 14.9 Å². The molecule has 1 saturated heterocycles. The lowest BCUT2D eigenvalue weighted by Crippen LogP contribution is -2.63. The monoisotopic (exact) mass is 547 g/mol. The number of hydrogen-bond donors (Lipinski definition) is 2. The molecule has 1 saturated carbocycles. The van der Waals surface area contributed by atoms with Crippen LogP contribution in [0, 0.1) is 0 Å². The molecule has 0 bridgehead atoms. The molecule has 15 heteroatoms. The second kappa shape index (κ2) is 9.19. The number of piperazine rings is 1. The zero-order chi connectivity index (χ0) is 25.8. The summed E-state index contributed by atoms with van der Waals surface area (Å²) in [6, 6.07) is -0.322. The second-order valence-electron chi connectivity index (χ2n) is 9.48. The number of pyridine rings is 1. The summed E-state index contributed by atoms with van der Waals surface area (Å²) >= 11 is 0.654. The fourth-order valence-corrected chi connectivity index (χ4v) is 6.55. The first-order valence-corrected chi connectivity index (χ1v) is 13.7. The third-order valence-corrected chi connectivity index (χ3v) is 9.24. The molecule has 3 atom stereocenters. The van der Waals surface area contributed by atoms with Gasteiger partial charge in [-0.1, -0.05) is 11.3 Å². The van der Waals surface area contributed by atoms with E-state index in [2.05, 4.69) is 25.2 Å². The number of aromatic nitrogens is 4. The number of nitrogens with one attached hydrogen (secondary N) is 2. The van der Waals surface area contributed by atoms with Crippen LogP contribution in [0.2, 0.25) is 0 Å². The van der Waals surface area contributed by atoms with Crippen molar-refractivity contribution in [3.8, 4) is 10.8 Å². The number of halogens is 4. The summed E-state index contributed by atoms with van der Waals surface area (Å²) < 4.78 is 84.5. The van der Waals surface area contributed by atoms with Crippen LogP contribution in [0.15, 0.2) is 23.4 Å². The fraction of sp³-hybridized carbons (Fsp3) is 0.571. The molecule has 0 aromatic carbocycles. The molecular weight excluding hydrogens is 522 g/mol. The Labute approximate surface area is 209 Å². The van der Waals surface area contributed by atoms with Crippen molar-refractivity contribution in [2.75, 3.05) is 24.8 Å². The van der Waals surface area contributed by atoms with Gasteiger partial charge < -0.3 is 10.2 Å². The minimum absolute atomic E-state index is 0.0875. The molecule has 1 aliphatic carbocycles. The summed E-state index contributed by atoms with van der Waals surface area (Å²) in [5.41, 5.74) is 0.305. The Hall–Kier alpha value is -2.36. The van der Waals surface area contributed by atoms with Crippen molar-refractivity contribution >= 4 is 32.6 Å². The zero-order valence-electron chi connectivity index (χ0n) is 19.5. The van der Waals surface area contributed by atoms with Crippen molar-refractivity contribution in [1.82, 2.24) is 29.6 Å². The van der Waals surface area contributed by atoms with E-state index in [4.69, 9.17) is 0 Å². The minimum atomic E-state index is -3.99. The lowest BCUT2D eigenvalue weighted by Gasteiger charge is -2.44. The molecule has 196 valence electrons. The number of imidazole rings is 1. The molecule has 0 amide bonds. The summed E-state index contributed by atoms with van der Waals surface area (Å²) in [6.45, 7) is 2.25. The lowest BCUT2D eigenvalue weighted by atomic mass is 10.0. The third kappa shape index (κ3) is 4.57. The molecule has 2 fully saturated rings. The number of fused-ring (bicyclic) bond motifs is 1. The molecule has 0 spiro atoms. The van der Waals surface area contributed by atoms with Gasteiger partial charge in [0.1, 0.15) is 18.2 Å². The Morgan fingerprint density at radius 3 is 2.64 bits per heavy atom. The van der Waals surface area contributed by atoms with E-state index >= 15 is 0 Å². The largest absolute Gasteiger partial charge is 0.364 e. The molecule has 5 rings (SSSR count). The van der Waals surface area contributed by atoms with Crippen LogP contribution in [0.4, 0.5) is 23.2 Å². The SMILES string of the molecule is C[C@@H]1[C@@H](CF)N[C@H](CF)CN1c1cc(S(=O)(=O)NC2(C)CC2)cn2c(-c3nnc(C(F)F)s3)ncc12. The number of sulfonamides is 1. The maximum atomic E-state index is 13.8. The van der Waals surface area contributed by atoms with Gasteiger partial charge >= 0.3 is 0 Å². The van der Waals surface area contributed by atoms with Gasteiger partial charge in [0.2, 0.25) is 10.0 Å². The van der Waals surface area contributed by atoms with Gasteiger partial charge in [-0.25, -0.2) is 35.7 Å². The second-order valence-corrected chi connectivity index (χ2v) is 12.2. The van der Waals surface area contributed by atoms with Crippen LogP contribution in [-0.2, 0) is 10.0 Å². The van der Waals surface area contributed by atoms with Crippen molar-refractivity contribution in [3.05, 3.63) is 23.5 Å². The average molecular weight is 548 g/mol. The fourth-order valence-electron chi connectivity index (χ4n) is 4.38. The molecule has 3 aromatic rings. The predicted octanol–water partition coefficient (Wildman–Crippen LogP) is 3.10. The molecule has 9 nitrogen and oxygen atoms in total. The molecule has 0 radical (unpaired) electrons. The van der Waals surface area contributed by atoms with E-state index in [0.29, 0.717) is 35.4 Å². The third-order valence-electron chi connectivity index (χ3n) is 6.71. The van der Waals surface area contributed by atoms with E-state index in [-0.39, 0.29) is 22.3 Å². The molecule has 0 unspecified atom stereocenters. The molecular formula is C21H25F4N7O2S2. The summed E-state index contributed by atoms with van der Waals surface area (Å²) in [7, 11) is -3.99. The highest BCUT2D eigenvalue weighted by molar-refractivity contribution is 7.89. The first-order chi connectivity index (χ1) is 17.0. The van der Waals surface area contributed by atoms with Crippen LogP contribution in [0.25, 0.3) is 16.3 Å². The Balaban J connectivity index is 1.68. The highest BCUT2D eigenvalue weighted by Crippen LogP contribution is 2.38. The highest BCUT2D eigenvalue weighted by Gasteiger charge is 2.42.